The Bertz CT molecular complexity index is 812. The summed E-state index contributed by atoms with van der Waals surface area (Å²) in [6, 6.07) is 3.79. The van der Waals surface area contributed by atoms with Crippen molar-refractivity contribution in [3.63, 3.8) is 0 Å². The standard InChI is InChI=1S/C28H39F5/c1-4-12-26(2)20(17-28(31,32)33)7-9-23-24-10-8-19(27(24,3)13-11-25(23)26)6-5-18-14-21(29)16-22(30)15-18/h14-16,19-20,23-25H,4-13,17H2,1-3H3. The molecule has 0 aromatic heterocycles. The van der Waals surface area contributed by atoms with Gasteiger partial charge >= 0.3 is 6.18 Å². The van der Waals surface area contributed by atoms with E-state index < -0.39 is 24.2 Å². The number of hydrogen-bond acceptors (Lipinski definition) is 0. The second-order valence-corrected chi connectivity index (χ2v) is 11.9. The van der Waals surface area contributed by atoms with Crippen LogP contribution in [0.3, 0.4) is 0 Å². The molecule has 0 heterocycles. The van der Waals surface area contributed by atoms with Crippen LogP contribution in [0.1, 0.15) is 90.5 Å². The van der Waals surface area contributed by atoms with Crippen LogP contribution in [0.2, 0.25) is 0 Å². The third kappa shape index (κ3) is 4.85. The smallest absolute Gasteiger partial charge is 0.207 e. The minimum atomic E-state index is -4.09. The van der Waals surface area contributed by atoms with Crippen molar-refractivity contribution in [1.29, 1.82) is 0 Å². The average molecular weight is 471 g/mol. The van der Waals surface area contributed by atoms with E-state index in [1.54, 1.807) is 0 Å². The second-order valence-electron chi connectivity index (χ2n) is 11.9. The third-order valence-corrected chi connectivity index (χ3v) is 10.2. The monoisotopic (exact) mass is 470 g/mol. The Morgan fingerprint density at radius 2 is 1.55 bits per heavy atom. The average Bonchev–Trinajstić information content (AvgIpc) is 3.04. The van der Waals surface area contributed by atoms with E-state index in [0.717, 1.165) is 63.0 Å². The van der Waals surface area contributed by atoms with Crippen molar-refractivity contribution < 1.29 is 22.0 Å². The number of rotatable bonds is 6. The van der Waals surface area contributed by atoms with Crippen molar-refractivity contribution in [3.05, 3.63) is 35.4 Å². The highest BCUT2D eigenvalue weighted by Gasteiger charge is 2.59. The molecule has 33 heavy (non-hydrogen) atoms. The van der Waals surface area contributed by atoms with Crippen molar-refractivity contribution in [1.82, 2.24) is 0 Å². The summed E-state index contributed by atoms with van der Waals surface area (Å²) in [6.45, 7) is 6.67. The molecule has 3 saturated carbocycles. The highest BCUT2D eigenvalue weighted by molar-refractivity contribution is 5.18. The Morgan fingerprint density at radius 1 is 0.879 bits per heavy atom. The van der Waals surface area contributed by atoms with E-state index in [1.165, 1.54) is 12.1 Å². The molecule has 0 aliphatic heterocycles. The molecular weight excluding hydrogens is 431 g/mol. The lowest BCUT2D eigenvalue weighted by atomic mass is 9.46. The molecule has 0 N–H and O–H groups in total. The Balaban J connectivity index is 1.50. The summed E-state index contributed by atoms with van der Waals surface area (Å²) in [5, 5.41) is 0. The summed E-state index contributed by atoms with van der Waals surface area (Å²) in [5.74, 6) is 0.671. The number of halogens is 5. The molecule has 3 fully saturated rings. The fraction of sp³-hybridized carbons (Fsp3) is 0.786. The van der Waals surface area contributed by atoms with Gasteiger partial charge in [-0.1, -0.05) is 27.2 Å². The topological polar surface area (TPSA) is 0 Å². The molecule has 3 aliphatic rings. The Labute approximate surface area is 195 Å². The molecule has 0 bridgehead atoms. The Hall–Kier alpha value is -1.13. The van der Waals surface area contributed by atoms with Crippen LogP contribution in [0.4, 0.5) is 22.0 Å². The van der Waals surface area contributed by atoms with E-state index in [1.807, 2.05) is 0 Å². The Morgan fingerprint density at radius 3 is 2.18 bits per heavy atom. The third-order valence-electron chi connectivity index (χ3n) is 10.2. The van der Waals surface area contributed by atoms with Gasteiger partial charge in [0.05, 0.1) is 0 Å². The summed E-state index contributed by atoms with van der Waals surface area (Å²) in [7, 11) is 0. The quantitative estimate of drug-likeness (QED) is 0.364. The number of alkyl halides is 3. The highest BCUT2D eigenvalue weighted by atomic mass is 19.4. The van der Waals surface area contributed by atoms with E-state index in [9.17, 15) is 22.0 Å². The lowest BCUT2D eigenvalue weighted by Gasteiger charge is -2.59. The van der Waals surface area contributed by atoms with Gasteiger partial charge in [0.15, 0.2) is 0 Å². The summed E-state index contributed by atoms with van der Waals surface area (Å²) < 4.78 is 67.4. The van der Waals surface area contributed by atoms with Gasteiger partial charge in [0.2, 0.25) is 0 Å². The van der Waals surface area contributed by atoms with E-state index in [-0.39, 0.29) is 16.7 Å². The van der Waals surface area contributed by atoms with Crippen molar-refractivity contribution >= 4 is 0 Å². The van der Waals surface area contributed by atoms with Crippen LogP contribution in [0.25, 0.3) is 0 Å². The van der Waals surface area contributed by atoms with Crippen LogP contribution in [0.15, 0.2) is 18.2 Å². The lowest BCUT2D eigenvalue weighted by Crippen LogP contribution is -2.52. The molecule has 186 valence electrons. The zero-order chi connectivity index (χ0) is 24.0. The van der Waals surface area contributed by atoms with Gasteiger partial charge < -0.3 is 0 Å². The summed E-state index contributed by atoms with van der Waals surface area (Å²) >= 11 is 0. The van der Waals surface area contributed by atoms with Crippen molar-refractivity contribution in [2.45, 2.75) is 97.6 Å². The van der Waals surface area contributed by atoms with E-state index >= 15 is 0 Å². The number of hydrogen-bond donors (Lipinski definition) is 0. The first-order valence-corrected chi connectivity index (χ1v) is 13.0. The van der Waals surface area contributed by atoms with Crippen molar-refractivity contribution in [3.8, 4) is 0 Å². The van der Waals surface area contributed by atoms with E-state index in [4.69, 9.17) is 0 Å². The molecule has 0 amide bonds. The number of fused-ring (bicyclic) bond motifs is 3. The molecule has 0 radical (unpaired) electrons. The minimum Gasteiger partial charge on any atom is -0.207 e. The maximum Gasteiger partial charge on any atom is 0.389 e. The highest BCUT2D eigenvalue weighted by Crippen LogP contribution is 2.67. The lowest BCUT2D eigenvalue weighted by molar-refractivity contribution is -0.177. The van der Waals surface area contributed by atoms with Crippen LogP contribution in [0, 0.1) is 52.1 Å². The molecule has 7 atom stereocenters. The number of benzene rings is 1. The summed E-state index contributed by atoms with van der Waals surface area (Å²) in [5.41, 5.74) is 0.680. The molecule has 3 aliphatic carbocycles. The van der Waals surface area contributed by atoms with Gasteiger partial charge in [-0.15, -0.1) is 0 Å². The largest absolute Gasteiger partial charge is 0.389 e. The van der Waals surface area contributed by atoms with Crippen LogP contribution >= 0.6 is 0 Å². The summed E-state index contributed by atoms with van der Waals surface area (Å²) in [6.07, 6.45) is 4.66. The van der Waals surface area contributed by atoms with Gasteiger partial charge in [0.1, 0.15) is 11.6 Å². The van der Waals surface area contributed by atoms with Gasteiger partial charge in [-0.25, -0.2) is 8.78 Å². The molecular formula is C28H39F5. The van der Waals surface area contributed by atoms with Gasteiger partial charge in [-0.05, 0) is 116 Å². The fourth-order valence-electron chi connectivity index (χ4n) is 8.76. The molecule has 1 aromatic rings. The van der Waals surface area contributed by atoms with Crippen LogP contribution in [0.5, 0.6) is 0 Å². The molecule has 7 unspecified atom stereocenters. The van der Waals surface area contributed by atoms with Crippen LogP contribution in [-0.4, -0.2) is 6.18 Å². The molecule has 0 spiro atoms. The van der Waals surface area contributed by atoms with Crippen LogP contribution < -0.4 is 0 Å². The maximum atomic E-state index is 13.6. The molecule has 1 aromatic carbocycles. The normalized spacial score (nSPS) is 38.7. The van der Waals surface area contributed by atoms with Crippen LogP contribution in [-0.2, 0) is 6.42 Å². The van der Waals surface area contributed by atoms with Gasteiger partial charge in [-0.2, -0.15) is 13.2 Å². The molecule has 4 rings (SSSR count). The zero-order valence-corrected chi connectivity index (χ0v) is 20.3. The maximum absolute atomic E-state index is 13.6. The molecule has 0 saturated heterocycles. The minimum absolute atomic E-state index is 0.191. The first-order valence-electron chi connectivity index (χ1n) is 13.0. The molecule has 0 nitrogen and oxygen atoms in total. The molecule has 5 heteroatoms. The first-order chi connectivity index (χ1) is 15.5. The summed E-state index contributed by atoms with van der Waals surface area (Å²) in [4.78, 5) is 0. The van der Waals surface area contributed by atoms with Gasteiger partial charge in [0, 0.05) is 12.5 Å². The SMILES string of the molecule is CCCC1(C)C(CC(F)(F)F)CCC2C3CCC(CCc4cc(F)cc(F)c4)C3(C)CCC21. The first kappa shape index (κ1) is 25.0. The van der Waals surface area contributed by atoms with Gasteiger partial charge in [0.25, 0.3) is 0 Å². The predicted molar refractivity (Wildman–Crippen MR) is 122 cm³/mol. The van der Waals surface area contributed by atoms with Crippen molar-refractivity contribution in [2.24, 2.45) is 40.4 Å². The fourth-order valence-corrected chi connectivity index (χ4v) is 8.76. The second kappa shape index (κ2) is 9.15. The predicted octanol–water partition coefficient (Wildman–Crippen LogP) is 9.12. The van der Waals surface area contributed by atoms with E-state index in [2.05, 4.69) is 20.8 Å². The zero-order valence-electron chi connectivity index (χ0n) is 20.3. The van der Waals surface area contributed by atoms with Crippen molar-refractivity contribution in [2.75, 3.05) is 0 Å². The Kier molecular flexibility index (Phi) is 6.92. The van der Waals surface area contributed by atoms with Gasteiger partial charge in [-0.3, -0.25) is 0 Å². The van der Waals surface area contributed by atoms with E-state index in [0.29, 0.717) is 36.5 Å². The number of aryl methyl sites for hydroxylation is 1.